The normalized spacial score (nSPS) is 22.9. The number of amidine groups is 1. The Balaban J connectivity index is 2.68. The molecule has 3 N–H and O–H groups in total. The molecule has 0 radical (unpaired) electrons. The maximum atomic E-state index is 12.5. The van der Waals surface area contributed by atoms with Crippen LogP contribution in [0.2, 0.25) is 0 Å². The molecular weight excluding hydrogens is 242 g/mol. The van der Waals surface area contributed by atoms with Gasteiger partial charge in [0.25, 0.3) is 0 Å². The Morgan fingerprint density at radius 1 is 1.42 bits per heavy atom. The molecule has 1 saturated heterocycles. The molecule has 0 aromatic rings. The van der Waals surface area contributed by atoms with E-state index in [1.54, 1.807) is 0 Å². The van der Waals surface area contributed by atoms with Gasteiger partial charge in [-0.1, -0.05) is 31.8 Å². The maximum absolute atomic E-state index is 12.5. The van der Waals surface area contributed by atoms with Crippen molar-refractivity contribution < 1.29 is 10.0 Å². The lowest BCUT2D eigenvalue weighted by atomic mass is 9.98. The van der Waals surface area contributed by atoms with Gasteiger partial charge in [0.2, 0.25) is 5.91 Å². The molecule has 1 aliphatic rings. The molecular formula is C14H27N3O2. The van der Waals surface area contributed by atoms with Gasteiger partial charge in [0.05, 0.1) is 5.92 Å². The number of hydrogen-bond donors (Lipinski definition) is 2. The van der Waals surface area contributed by atoms with Gasteiger partial charge >= 0.3 is 0 Å². The third kappa shape index (κ3) is 4.40. The smallest absolute Gasteiger partial charge is 0.233 e. The number of amides is 1. The second-order valence-electron chi connectivity index (χ2n) is 5.40. The monoisotopic (exact) mass is 269 g/mol. The molecule has 2 unspecified atom stereocenters. The van der Waals surface area contributed by atoms with Crippen molar-refractivity contribution in [3.8, 4) is 0 Å². The van der Waals surface area contributed by atoms with E-state index < -0.39 is 5.92 Å². The minimum Gasteiger partial charge on any atom is -0.409 e. The van der Waals surface area contributed by atoms with Crippen LogP contribution in [0.25, 0.3) is 0 Å². The Labute approximate surface area is 115 Å². The van der Waals surface area contributed by atoms with Crippen molar-refractivity contribution >= 4 is 11.7 Å². The van der Waals surface area contributed by atoms with Crippen LogP contribution >= 0.6 is 0 Å². The van der Waals surface area contributed by atoms with Crippen LogP contribution in [-0.4, -0.2) is 34.9 Å². The highest BCUT2D eigenvalue weighted by Gasteiger charge is 2.28. The summed E-state index contributed by atoms with van der Waals surface area (Å²) in [5.41, 5.74) is 5.66. The molecule has 0 spiro atoms. The summed E-state index contributed by atoms with van der Waals surface area (Å²) >= 11 is 0. The molecule has 0 aromatic heterocycles. The van der Waals surface area contributed by atoms with E-state index in [9.17, 15) is 4.79 Å². The van der Waals surface area contributed by atoms with Gasteiger partial charge in [-0.2, -0.15) is 0 Å². The maximum Gasteiger partial charge on any atom is 0.233 e. The van der Waals surface area contributed by atoms with E-state index in [1.807, 2.05) is 11.8 Å². The Morgan fingerprint density at radius 2 is 2.16 bits per heavy atom. The molecule has 0 saturated carbocycles. The van der Waals surface area contributed by atoms with Gasteiger partial charge in [-0.05, 0) is 31.6 Å². The summed E-state index contributed by atoms with van der Waals surface area (Å²) in [7, 11) is 0. The number of carbonyl (C=O) groups excluding carboxylic acids is 1. The van der Waals surface area contributed by atoms with E-state index in [0.717, 1.165) is 38.3 Å². The van der Waals surface area contributed by atoms with Gasteiger partial charge in [-0.25, -0.2) is 0 Å². The zero-order valence-corrected chi connectivity index (χ0v) is 12.1. The average molecular weight is 269 g/mol. The molecule has 1 heterocycles. The van der Waals surface area contributed by atoms with Crippen LogP contribution in [0.5, 0.6) is 0 Å². The lowest BCUT2D eigenvalue weighted by molar-refractivity contribution is -0.133. The van der Waals surface area contributed by atoms with E-state index in [4.69, 9.17) is 10.9 Å². The van der Waals surface area contributed by atoms with Crippen LogP contribution in [0.15, 0.2) is 5.16 Å². The summed E-state index contributed by atoms with van der Waals surface area (Å²) in [5, 5.41) is 11.8. The largest absolute Gasteiger partial charge is 0.409 e. The first kappa shape index (κ1) is 15.8. The molecule has 2 atom stereocenters. The Kier molecular flexibility index (Phi) is 6.67. The van der Waals surface area contributed by atoms with Crippen LogP contribution in [0.4, 0.5) is 0 Å². The zero-order chi connectivity index (χ0) is 14.3. The van der Waals surface area contributed by atoms with Gasteiger partial charge in [0.15, 0.2) is 5.84 Å². The highest BCUT2D eigenvalue weighted by Crippen LogP contribution is 2.22. The number of carbonyl (C=O) groups is 1. The zero-order valence-electron chi connectivity index (χ0n) is 12.1. The quantitative estimate of drug-likeness (QED) is 0.347. The summed E-state index contributed by atoms with van der Waals surface area (Å²) in [6.07, 6.45) is 5.99. The number of hydrogen-bond acceptors (Lipinski definition) is 3. The van der Waals surface area contributed by atoms with E-state index >= 15 is 0 Å². The fourth-order valence-electron chi connectivity index (χ4n) is 2.77. The van der Waals surface area contributed by atoms with E-state index in [2.05, 4.69) is 12.1 Å². The molecule has 110 valence electrons. The molecule has 1 fully saturated rings. The molecule has 19 heavy (non-hydrogen) atoms. The van der Waals surface area contributed by atoms with Crippen LogP contribution in [0, 0.1) is 11.8 Å². The second-order valence-corrected chi connectivity index (χ2v) is 5.40. The second kappa shape index (κ2) is 8.02. The van der Waals surface area contributed by atoms with Crippen molar-refractivity contribution in [2.24, 2.45) is 22.7 Å². The number of oxime groups is 1. The lowest BCUT2D eigenvalue weighted by Crippen LogP contribution is -2.42. The van der Waals surface area contributed by atoms with Gasteiger partial charge in [0, 0.05) is 13.1 Å². The van der Waals surface area contributed by atoms with Crippen LogP contribution in [0.3, 0.4) is 0 Å². The molecule has 0 aromatic carbocycles. The fourth-order valence-corrected chi connectivity index (χ4v) is 2.77. The lowest BCUT2D eigenvalue weighted by Gasteiger charge is -2.25. The summed E-state index contributed by atoms with van der Waals surface area (Å²) in [6.45, 7) is 5.81. The van der Waals surface area contributed by atoms with Crippen molar-refractivity contribution in [3.05, 3.63) is 0 Å². The van der Waals surface area contributed by atoms with Crippen LogP contribution < -0.4 is 5.73 Å². The van der Waals surface area contributed by atoms with Crippen LogP contribution in [0.1, 0.15) is 52.4 Å². The number of nitrogens with two attached hydrogens (primary N) is 1. The molecule has 0 bridgehead atoms. The first-order valence-corrected chi connectivity index (χ1v) is 7.40. The summed E-state index contributed by atoms with van der Waals surface area (Å²) < 4.78 is 0. The highest BCUT2D eigenvalue weighted by atomic mass is 16.4. The summed E-state index contributed by atoms with van der Waals surface area (Å²) in [5.74, 6) is 0.330. The van der Waals surface area contributed by atoms with Crippen molar-refractivity contribution in [3.63, 3.8) is 0 Å². The van der Waals surface area contributed by atoms with Crippen molar-refractivity contribution in [1.82, 2.24) is 4.90 Å². The van der Waals surface area contributed by atoms with Crippen molar-refractivity contribution in [2.45, 2.75) is 52.4 Å². The van der Waals surface area contributed by atoms with Crippen molar-refractivity contribution in [2.75, 3.05) is 13.1 Å². The van der Waals surface area contributed by atoms with Gasteiger partial charge in [-0.15, -0.1) is 0 Å². The average Bonchev–Trinajstić information content (AvgIpc) is 2.68. The summed E-state index contributed by atoms with van der Waals surface area (Å²) in [4.78, 5) is 14.4. The molecule has 0 aliphatic carbocycles. The Morgan fingerprint density at radius 3 is 2.74 bits per heavy atom. The minimum atomic E-state index is -0.465. The Bertz CT molecular complexity index is 318. The molecule has 1 amide bonds. The number of likely N-dealkylation sites (tertiary alicyclic amines) is 1. The standard InChI is InChI=1S/C14H27N3O2/c1-3-6-12(13(15)16-19)14(18)17-9-5-7-11(4-2)8-10-17/h11-12,19H,3-10H2,1-2H3,(H2,15,16). The number of nitrogens with zero attached hydrogens (tertiary/aromatic N) is 2. The molecule has 1 aliphatic heterocycles. The topological polar surface area (TPSA) is 78.9 Å². The van der Waals surface area contributed by atoms with E-state index in [1.165, 1.54) is 12.8 Å². The van der Waals surface area contributed by atoms with E-state index in [-0.39, 0.29) is 11.7 Å². The molecule has 1 rings (SSSR count). The fraction of sp³-hybridized carbons (Fsp3) is 0.857. The van der Waals surface area contributed by atoms with Gasteiger partial charge in [-0.3, -0.25) is 4.79 Å². The van der Waals surface area contributed by atoms with Gasteiger partial charge in [0.1, 0.15) is 0 Å². The van der Waals surface area contributed by atoms with E-state index in [0.29, 0.717) is 6.42 Å². The van der Waals surface area contributed by atoms with Crippen LogP contribution in [-0.2, 0) is 4.79 Å². The van der Waals surface area contributed by atoms with Gasteiger partial charge < -0.3 is 15.8 Å². The third-order valence-electron chi connectivity index (χ3n) is 4.08. The predicted octanol–water partition coefficient (Wildman–Crippen LogP) is 2.19. The first-order chi connectivity index (χ1) is 9.13. The minimum absolute atomic E-state index is 0.0221. The first-order valence-electron chi connectivity index (χ1n) is 7.40. The summed E-state index contributed by atoms with van der Waals surface area (Å²) in [6, 6.07) is 0. The molecule has 5 nitrogen and oxygen atoms in total. The highest BCUT2D eigenvalue weighted by molar-refractivity contribution is 6.02. The number of rotatable bonds is 5. The SMILES string of the molecule is CCCC(C(=O)N1CCCC(CC)CC1)C(N)=NO. The Hall–Kier alpha value is -1.26. The third-order valence-corrected chi connectivity index (χ3v) is 4.08. The van der Waals surface area contributed by atoms with Crippen molar-refractivity contribution in [1.29, 1.82) is 0 Å². The molecule has 5 heteroatoms. The predicted molar refractivity (Wildman–Crippen MR) is 76.0 cm³/mol.